The molecule has 0 aliphatic carbocycles. The minimum Gasteiger partial charge on any atom is -0.211 e. The van der Waals surface area contributed by atoms with Crippen molar-refractivity contribution in [2.75, 3.05) is 0 Å². The van der Waals surface area contributed by atoms with Gasteiger partial charge in [0.2, 0.25) is 17.7 Å². The average molecular weight is 379 g/mol. The van der Waals surface area contributed by atoms with E-state index in [-0.39, 0.29) is 9.79 Å². The van der Waals surface area contributed by atoms with Crippen LogP contribution >= 0.6 is 29.5 Å². The number of hydrogen-bond acceptors (Lipinski definition) is 7. The summed E-state index contributed by atoms with van der Waals surface area (Å²) in [4.78, 5) is 0.306. The van der Waals surface area contributed by atoms with E-state index in [0.29, 0.717) is 29.5 Å². The Morgan fingerprint density at radius 1 is 0.571 bits per heavy atom. The second-order valence-corrected chi connectivity index (χ2v) is 14.4. The fraction of sp³-hybridized carbons (Fsp3) is 0. The van der Waals surface area contributed by atoms with E-state index in [9.17, 15) is 16.8 Å². The first kappa shape index (κ1) is 16.8. The number of hydrogen-bond donors (Lipinski definition) is 0. The second kappa shape index (κ2) is 7.10. The summed E-state index contributed by atoms with van der Waals surface area (Å²) in [5.74, 6) is 0. The molecular weight excluding hydrogens is 368 g/mol. The summed E-state index contributed by atoms with van der Waals surface area (Å²) in [6.07, 6.45) is 0. The van der Waals surface area contributed by atoms with Crippen LogP contribution in [0.2, 0.25) is 0 Å². The molecule has 0 fully saturated rings. The molecule has 0 aliphatic rings. The largest absolute Gasteiger partial charge is 0.240 e. The van der Waals surface area contributed by atoms with Crippen molar-refractivity contribution >= 4 is 47.2 Å². The first-order valence-electron chi connectivity index (χ1n) is 5.56. The van der Waals surface area contributed by atoms with Gasteiger partial charge < -0.3 is 0 Å². The lowest BCUT2D eigenvalue weighted by Gasteiger charge is -2.03. The standard InChI is InChI=1S/C12H10O4S5/c13-20(14,11-7-3-1-4-8-11)18-17-19-21(15,16)12-9-5-2-6-10-12/h1-10H. The first-order chi connectivity index (χ1) is 9.92. The Kier molecular flexibility index (Phi) is 5.67. The highest BCUT2D eigenvalue weighted by atomic mass is 33.8. The molecule has 0 aliphatic heterocycles. The summed E-state index contributed by atoms with van der Waals surface area (Å²) >= 11 is 0. The molecule has 0 radical (unpaired) electrons. The molecule has 0 saturated heterocycles. The van der Waals surface area contributed by atoms with Crippen molar-refractivity contribution in [2.45, 2.75) is 9.79 Å². The molecule has 0 spiro atoms. The van der Waals surface area contributed by atoms with Crippen molar-refractivity contribution in [1.29, 1.82) is 0 Å². The van der Waals surface area contributed by atoms with Crippen LogP contribution in [-0.2, 0) is 17.7 Å². The van der Waals surface area contributed by atoms with Crippen LogP contribution in [0, 0.1) is 0 Å². The zero-order valence-electron chi connectivity index (χ0n) is 10.4. The molecule has 2 aromatic carbocycles. The Hall–Kier alpha value is -0.610. The SMILES string of the molecule is O=S(=O)(SSSS(=O)(=O)c1ccccc1)c1ccccc1. The maximum absolute atomic E-state index is 12.0. The van der Waals surface area contributed by atoms with Crippen LogP contribution in [0.5, 0.6) is 0 Å². The summed E-state index contributed by atoms with van der Waals surface area (Å²) in [6.45, 7) is 0. The van der Waals surface area contributed by atoms with Crippen LogP contribution in [0.4, 0.5) is 0 Å². The summed E-state index contributed by atoms with van der Waals surface area (Å²) in [7, 11) is -5.37. The van der Waals surface area contributed by atoms with Crippen molar-refractivity contribution < 1.29 is 16.8 Å². The molecule has 0 atom stereocenters. The number of benzene rings is 2. The molecule has 0 unspecified atom stereocenters. The maximum atomic E-state index is 12.0. The molecule has 4 nitrogen and oxygen atoms in total. The van der Waals surface area contributed by atoms with Gasteiger partial charge in [0.1, 0.15) is 0 Å². The van der Waals surface area contributed by atoms with E-state index in [4.69, 9.17) is 0 Å². The fourth-order valence-electron chi connectivity index (χ4n) is 1.34. The minimum atomic E-state index is -3.57. The molecule has 112 valence electrons. The summed E-state index contributed by atoms with van der Waals surface area (Å²) in [5, 5.41) is 0. The van der Waals surface area contributed by atoms with E-state index >= 15 is 0 Å². The van der Waals surface area contributed by atoms with Gasteiger partial charge in [0.15, 0.2) is 0 Å². The average Bonchev–Trinajstić information content (AvgIpc) is 2.49. The van der Waals surface area contributed by atoms with Crippen LogP contribution in [0.25, 0.3) is 0 Å². The quantitative estimate of drug-likeness (QED) is 0.708. The third-order valence-corrected chi connectivity index (χ3v) is 14.3. The summed E-state index contributed by atoms with van der Waals surface area (Å²) in [6, 6.07) is 15.8. The molecule has 21 heavy (non-hydrogen) atoms. The van der Waals surface area contributed by atoms with Crippen molar-refractivity contribution in [1.82, 2.24) is 0 Å². The molecule has 9 heteroatoms. The highest BCUT2D eigenvalue weighted by molar-refractivity contribution is 9.33. The van der Waals surface area contributed by atoms with Crippen LogP contribution < -0.4 is 0 Å². The molecule has 0 amide bonds. The fourth-order valence-corrected chi connectivity index (χ4v) is 13.6. The highest BCUT2D eigenvalue weighted by Crippen LogP contribution is 2.46. The van der Waals surface area contributed by atoms with Crippen molar-refractivity contribution in [3.63, 3.8) is 0 Å². The van der Waals surface area contributed by atoms with Gasteiger partial charge in [-0.15, -0.1) is 0 Å². The third kappa shape index (κ3) is 4.68. The third-order valence-electron chi connectivity index (χ3n) is 2.30. The molecule has 0 heterocycles. The van der Waals surface area contributed by atoms with Crippen molar-refractivity contribution in [3.8, 4) is 0 Å². The van der Waals surface area contributed by atoms with E-state index in [1.807, 2.05) is 0 Å². The Bertz CT molecular complexity index is 717. The Labute approximate surface area is 134 Å². The second-order valence-electron chi connectivity index (χ2n) is 3.74. The predicted octanol–water partition coefficient (Wildman–Crippen LogP) is 3.79. The van der Waals surface area contributed by atoms with Gasteiger partial charge in [-0.05, 0) is 24.3 Å². The normalized spacial score (nSPS) is 12.2. The topological polar surface area (TPSA) is 68.3 Å². The van der Waals surface area contributed by atoms with E-state index in [1.54, 1.807) is 36.4 Å². The zero-order valence-corrected chi connectivity index (χ0v) is 14.5. The smallest absolute Gasteiger partial charge is 0.211 e. The molecule has 0 bridgehead atoms. The Morgan fingerprint density at radius 2 is 0.905 bits per heavy atom. The van der Waals surface area contributed by atoms with E-state index < -0.39 is 17.7 Å². The lowest BCUT2D eigenvalue weighted by atomic mass is 10.4. The molecule has 0 aromatic heterocycles. The lowest BCUT2D eigenvalue weighted by Crippen LogP contribution is -1.94. The molecule has 0 saturated carbocycles. The van der Waals surface area contributed by atoms with Crippen LogP contribution in [0.15, 0.2) is 70.5 Å². The minimum absolute atomic E-state index is 0.153. The van der Waals surface area contributed by atoms with E-state index in [0.717, 1.165) is 0 Å². The molecule has 2 rings (SSSR count). The van der Waals surface area contributed by atoms with Gasteiger partial charge in [0, 0.05) is 9.83 Å². The monoisotopic (exact) mass is 378 g/mol. The van der Waals surface area contributed by atoms with Gasteiger partial charge in [-0.3, -0.25) is 0 Å². The van der Waals surface area contributed by atoms with Crippen LogP contribution in [-0.4, -0.2) is 16.8 Å². The van der Waals surface area contributed by atoms with Crippen LogP contribution in [0.3, 0.4) is 0 Å². The molecular formula is C12H10O4S5. The van der Waals surface area contributed by atoms with Gasteiger partial charge in [0.25, 0.3) is 0 Å². The van der Waals surface area contributed by atoms with Gasteiger partial charge in [0.05, 0.1) is 29.4 Å². The zero-order chi connectivity index (χ0) is 15.3. The maximum Gasteiger partial charge on any atom is 0.240 e. The summed E-state index contributed by atoms with van der Waals surface area (Å²) < 4.78 is 48.0. The van der Waals surface area contributed by atoms with Gasteiger partial charge in [-0.2, -0.15) is 0 Å². The first-order valence-corrected chi connectivity index (χ1v) is 13.0. The van der Waals surface area contributed by atoms with E-state index in [2.05, 4.69) is 0 Å². The summed E-state index contributed by atoms with van der Waals surface area (Å²) in [5.41, 5.74) is 0. The lowest BCUT2D eigenvalue weighted by molar-refractivity contribution is 0.609. The van der Waals surface area contributed by atoms with Gasteiger partial charge >= 0.3 is 0 Å². The van der Waals surface area contributed by atoms with Gasteiger partial charge in [-0.1, -0.05) is 36.4 Å². The molecule has 0 N–H and O–H groups in total. The van der Waals surface area contributed by atoms with Crippen molar-refractivity contribution in [3.05, 3.63) is 60.7 Å². The van der Waals surface area contributed by atoms with Crippen molar-refractivity contribution in [2.24, 2.45) is 0 Å². The Morgan fingerprint density at radius 3 is 1.24 bits per heavy atom. The highest BCUT2D eigenvalue weighted by Gasteiger charge is 2.20. The Balaban J connectivity index is 2.02. The predicted molar refractivity (Wildman–Crippen MR) is 90.0 cm³/mol. The van der Waals surface area contributed by atoms with Gasteiger partial charge in [-0.25, -0.2) is 16.8 Å². The molecule has 2 aromatic rings. The van der Waals surface area contributed by atoms with Crippen LogP contribution in [0.1, 0.15) is 0 Å². The number of rotatable bonds is 6. The van der Waals surface area contributed by atoms with E-state index in [1.165, 1.54) is 24.3 Å².